The molecule has 31 heavy (non-hydrogen) atoms. The summed E-state index contributed by atoms with van der Waals surface area (Å²) >= 11 is 7.97. The minimum Gasteiger partial charge on any atom is -0.353 e. The molecule has 166 valence electrons. The number of fused-ring (bicyclic) bond motifs is 1. The molecule has 0 aliphatic carbocycles. The number of nitrogens with two attached hydrogens (primary N) is 1. The van der Waals surface area contributed by atoms with Gasteiger partial charge in [-0.2, -0.15) is 0 Å². The molecule has 2 aromatic rings. The van der Waals surface area contributed by atoms with Gasteiger partial charge in [0.05, 0.1) is 11.6 Å². The highest BCUT2D eigenvalue weighted by Crippen LogP contribution is 2.44. The Morgan fingerprint density at radius 1 is 1.23 bits per heavy atom. The molecule has 2 N–H and O–H groups in total. The van der Waals surface area contributed by atoms with Gasteiger partial charge in [-0.1, -0.05) is 23.7 Å². The number of piperazine rings is 1. The smallest absolute Gasteiger partial charge is 0.230 e. The summed E-state index contributed by atoms with van der Waals surface area (Å²) in [7, 11) is 0. The lowest BCUT2D eigenvalue weighted by atomic mass is 9.85. The number of halogens is 1. The molecule has 8 heteroatoms. The third kappa shape index (κ3) is 4.99. The van der Waals surface area contributed by atoms with E-state index in [9.17, 15) is 4.79 Å². The quantitative estimate of drug-likeness (QED) is 0.728. The number of hydrogen-bond acceptors (Lipinski definition) is 6. The minimum atomic E-state index is -0.447. The number of aromatic nitrogens is 2. The molecule has 0 spiro atoms. The van der Waals surface area contributed by atoms with Crippen LogP contribution in [0.25, 0.3) is 0 Å². The third-order valence-electron chi connectivity index (χ3n) is 6.01. The molecule has 2 aliphatic heterocycles. The number of carbonyl (C=O) groups is 1. The Morgan fingerprint density at radius 3 is 2.55 bits per heavy atom. The van der Waals surface area contributed by atoms with Gasteiger partial charge in [-0.25, -0.2) is 9.97 Å². The zero-order chi connectivity index (χ0) is 22.2. The molecule has 1 aromatic carbocycles. The van der Waals surface area contributed by atoms with Crippen LogP contribution < -0.4 is 10.6 Å². The molecule has 2 atom stereocenters. The Bertz CT molecular complexity index is 938. The number of benzene rings is 1. The normalized spacial score (nSPS) is 20.0. The molecule has 1 aromatic heterocycles. The van der Waals surface area contributed by atoms with Crippen LogP contribution in [-0.2, 0) is 10.5 Å². The summed E-state index contributed by atoms with van der Waals surface area (Å²) in [5.41, 5.74) is 9.24. The fourth-order valence-corrected chi connectivity index (χ4v) is 5.59. The van der Waals surface area contributed by atoms with Gasteiger partial charge in [-0.15, -0.1) is 11.8 Å². The van der Waals surface area contributed by atoms with Crippen LogP contribution in [0.15, 0.2) is 30.6 Å². The Morgan fingerprint density at radius 2 is 1.90 bits per heavy atom. The Balaban J connectivity index is 1.49. The fraction of sp³-hybridized carbons (Fsp3) is 0.522. The fourth-order valence-electron chi connectivity index (χ4n) is 4.42. The maximum absolute atomic E-state index is 13.5. The van der Waals surface area contributed by atoms with E-state index in [2.05, 4.69) is 21.8 Å². The number of amides is 1. The first-order valence-electron chi connectivity index (χ1n) is 10.8. The largest absolute Gasteiger partial charge is 0.353 e. The molecule has 1 saturated heterocycles. The molecule has 1 fully saturated rings. The summed E-state index contributed by atoms with van der Waals surface area (Å²) in [6.45, 7) is 9.04. The number of hydrogen-bond donors (Lipinski definition) is 1. The maximum atomic E-state index is 13.5. The molecule has 2 aliphatic rings. The molecule has 3 heterocycles. The van der Waals surface area contributed by atoms with E-state index in [1.807, 2.05) is 54.8 Å². The molecule has 4 rings (SSSR count). The summed E-state index contributed by atoms with van der Waals surface area (Å²) in [4.78, 5) is 26.9. The summed E-state index contributed by atoms with van der Waals surface area (Å²) in [5.74, 6) is 1.84. The van der Waals surface area contributed by atoms with Gasteiger partial charge in [-0.05, 0) is 44.9 Å². The lowest BCUT2D eigenvalue weighted by molar-refractivity contribution is -0.133. The first-order valence-corrected chi connectivity index (χ1v) is 12.2. The molecular formula is C23H30ClN5OS. The van der Waals surface area contributed by atoms with E-state index in [1.165, 1.54) is 5.56 Å². The van der Waals surface area contributed by atoms with Crippen LogP contribution in [-0.4, -0.2) is 52.5 Å². The highest BCUT2D eigenvalue weighted by molar-refractivity contribution is 7.99. The minimum absolute atomic E-state index is 0.136. The highest BCUT2D eigenvalue weighted by atomic mass is 35.5. The predicted octanol–water partition coefficient (Wildman–Crippen LogP) is 4.00. The lowest BCUT2D eigenvalue weighted by Gasteiger charge is -2.38. The van der Waals surface area contributed by atoms with Crippen molar-refractivity contribution in [3.05, 3.63) is 52.4 Å². The van der Waals surface area contributed by atoms with Crippen molar-refractivity contribution >= 4 is 35.1 Å². The molecule has 1 amide bonds. The van der Waals surface area contributed by atoms with E-state index in [0.717, 1.165) is 35.9 Å². The SMILES string of the molecule is CC1SCc2ncnc(N3CCN(C(=O)C(CC(C)(C)N)c4ccc(Cl)cc4)CC3)c21. The number of rotatable bonds is 5. The van der Waals surface area contributed by atoms with Gasteiger partial charge in [0, 0.05) is 53.3 Å². The average molecular weight is 460 g/mol. The van der Waals surface area contributed by atoms with Gasteiger partial charge in [0.1, 0.15) is 12.1 Å². The second-order valence-corrected chi connectivity index (χ2v) is 10.9. The van der Waals surface area contributed by atoms with E-state index >= 15 is 0 Å². The molecular weight excluding hydrogens is 430 g/mol. The van der Waals surface area contributed by atoms with Crippen LogP contribution in [0.4, 0.5) is 5.82 Å². The highest BCUT2D eigenvalue weighted by Gasteiger charge is 2.34. The van der Waals surface area contributed by atoms with Crippen LogP contribution in [0.2, 0.25) is 5.02 Å². The standard InChI is InChI=1S/C23H30ClN5OS/c1-15-20-19(13-31-15)26-14-27-21(20)28-8-10-29(11-9-28)22(30)18(12-23(2,3)25)16-4-6-17(24)7-5-16/h4-7,14-15,18H,8-13,25H2,1-3H3. The van der Waals surface area contributed by atoms with Gasteiger partial charge in [0.25, 0.3) is 0 Å². The van der Waals surface area contributed by atoms with Crippen molar-refractivity contribution in [2.24, 2.45) is 5.73 Å². The number of anilines is 1. The van der Waals surface area contributed by atoms with Crippen molar-refractivity contribution < 1.29 is 4.79 Å². The first-order chi connectivity index (χ1) is 14.7. The lowest BCUT2D eigenvalue weighted by Crippen LogP contribution is -2.51. The van der Waals surface area contributed by atoms with Crippen molar-refractivity contribution in [2.45, 2.75) is 49.7 Å². The Labute approximate surface area is 193 Å². The first kappa shape index (κ1) is 22.4. The van der Waals surface area contributed by atoms with Gasteiger partial charge >= 0.3 is 0 Å². The monoisotopic (exact) mass is 459 g/mol. The zero-order valence-corrected chi connectivity index (χ0v) is 19.9. The van der Waals surface area contributed by atoms with E-state index in [-0.39, 0.29) is 11.8 Å². The van der Waals surface area contributed by atoms with Crippen LogP contribution in [0.1, 0.15) is 55.2 Å². The van der Waals surface area contributed by atoms with Crippen molar-refractivity contribution in [3.63, 3.8) is 0 Å². The van der Waals surface area contributed by atoms with Crippen LogP contribution in [0.3, 0.4) is 0 Å². The Kier molecular flexibility index (Phi) is 6.47. The number of carbonyl (C=O) groups excluding carboxylic acids is 1. The molecule has 0 saturated carbocycles. The van der Waals surface area contributed by atoms with Crippen LogP contribution in [0.5, 0.6) is 0 Å². The van der Waals surface area contributed by atoms with Crippen LogP contribution in [0, 0.1) is 0 Å². The van der Waals surface area contributed by atoms with E-state index in [4.69, 9.17) is 17.3 Å². The number of nitrogens with zero attached hydrogens (tertiary/aromatic N) is 4. The van der Waals surface area contributed by atoms with Gasteiger partial charge in [-0.3, -0.25) is 4.79 Å². The zero-order valence-electron chi connectivity index (χ0n) is 18.3. The summed E-state index contributed by atoms with van der Waals surface area (Å²) in [6, 6.07) is 7.56. The molecule has 0 radical (unpaired) electrons. The second kappa shape index (κ2) is 8.96. The molecule has 0 bridgehead atoms. The number of thioether (sulfide) groups is 1. The molecule has 2 unspecified atom stereocenters. The summed E-state index contributed by atoms with van der Waals surface area (Å²) < 4.78 is 0. The van der Waals surface area contributed by atoms with Crippen LogP contribution >= 0.6 is 23.4 Å². The van der Waals surface area contributed by atoms with Gasteiger partial charge in [0.15, 0.2) is 0 Å². The summed E-state index contributed by atoms with van der Waals surface area (Å²) in [5, 5.41) is 1.08. The average Bonchev–Trinajstić information content (AvgIpc) is 3.13. The van der Waals surface area contributed by atoms with E-state index in [0.29, 0.717) is 29.8 Å². The third-order valence-corrected chi connectivity index (χ3v) is 7.44. The second-order valence-electron chi connectivity index (χ2n) is 9.12. The van der Waals surface area contributed by atoms with Crippen molar-refractivity contribution in [1.82, 2.24) is 14.9 Å². The van der Waals surface area contributed by atoms with E-state index in [1.54, 1.807) is 6.33 Å². The topological polar surface area (TPSA) is 75.4 Å². The Hall–Kier alpha value is -1.83. The molecule has 6 nitrogen and oxygen atoms in total. The van der Waals surface area contributed by atoms with Crippen molar-refractivity contribution in [2.75, 3.05) is 31.1 Å². The van der Waals surface area contributed by atoms with E-state index < -0.39 is 5.54 Å². The maximum Gasteiger partial charge on any atom is 0.230 e. The van der Waals surface area contributed by atoms with Gasteiger partial charge < -0.3 is 15.5 Å². The van der Waals surface area contributed by atoms with Crippen molar-refractivity contribution in [3.8, 4) is 0 Å². The van der Waals surface area contributed by atoms with Crippen molar-refractivity contribution in [1.29, 1.82) is 0 Å². The van der Waals surface area contributed by atoms with Gasteiger partial charge in [0.2, 0.25) is 5.91 Å². The predicted molar refractivity (Wildman–Crippen MR) is 128 cm³/mol. The summed E-state index contributed by atoms with van der Waals surface area (Å²) in [6.07, 6.45) is 2.26.